The quantitative estimate of drug-likeness (QED) is 0.781. The second kappa shape index (κ2) is 6.22. The molecule has 1 amide bonds. The monoisotopic (exact) mass is 337 g/mol. The van der Waals surface area contributed by atoms with Gasteiger partial charge in [-0.3, -0.25) is 14.8 Å². The maximum atomic E-state index is 13.6. The summed E-state index contributed by atoms with van der Waals surface area (Å²) >= 11 is 0. The molecule has 126 valence electrons. The Hall–Kier alpha value is -2.86. The summed E-state index contributed by atoms with van der Waals surface area (Å²) in [7, 11) is 0. The van der Waals surface area contributed by atoms with Crippen LogP contribution in [0, 0.1) is 5.82 Å². The van der Waals surface area contributed by atoms with Crippen LogP contribution >= 0.6 is 0 Å². The number of aliphatic hydroxyl groups excluding tert-OH is 1. The zero-order chi connectivity index (χ0) is 17.4. The van der Waals surface area contributed by atoms with E-state index >= 15 is 0 Å². The van der Waals surface area contributed by atoms with Gasteiger partial charge in [-0.2, -0.15) is 0 Å². The summed E-state index contributed by atoms with van der Waals surface area (Å²) in [5, 5.41) is 10.1. The molecule has 1 aliphatic heterocycles. The zero-order valence-electron chi connectivity index (χ0n) is 13.3. The van der Waals surface area contributed by atoms with E-state index < -0.39 is 6.10 Å². The summed E-state index contributed by atoms with van der Waals surface area (Å²) in [5.74, 6) is -0.598. The van der Waals surface area contributed by atoms with Gasteiger partial charge in [-0.1, -0.05) is 18.2 Å². The van der Waals surface area contributed by atoms with Gasteiger partial charge in [0.2, 0.25) is 0 Å². The lowest BCUT2D eigenvalue weighted by Crippen LogP contribution is -2.32. The Kier molecular flexibility index (Phi) is 3.89. The van der Waals surface area contributed by atoms with Gasteiger partial charge in [0.15, 0.2) is 0 Å². The Morgan fingerprint density at radius 3 is 2.80 bits per heavy atom. The topological polar surface area (TPSA) is 66.3 Å². The summed E-state index contributed by atoms with van der Waals surface area (Å²) in [5.41, 5.74) is 2.27. The van der Waals surface area contributed by atoms with Crippen molar-refractivity contribution in [3.8, 4) is 0 Å². The van der Waals surface area contributed by atoms with Crippen LogP contribution in [0.25, 0.3) is 11.0 Å². The van der Waals surface area contributed by atoms with Crippen LogP contribution in [0.5, 0.6) is 0 Å². The minimum absolute atomic E-state index is 0.205. The van der Waals surface area contributed by atoms with Gasteiger partial charge in [0.05, 0.1) is 23.2 Å². The van der Waals surface area contributed by atoms with Crippen molar-refractivity contribution in [1.82, 2.24) is 14.9 Å². The van der Waals surface area contributed by atoms with Gasteiger partial charge >= 0.3 is 0 Å². The molecule has 0 aliphatic carbocycles. The third-order valence-electron chi connectivity index (χ3n) is 4.50. The number of β-amino-alcohol motifs (C(OH)–C–C–N with tert-alkyl or cyclic N) is 1. The number of halogens is 1. The van der Waals surface area contributed by atoms with Crippen molar-refractivity contribution in [1.29, 1.82) is 0 Å². The van der Waals surface area contributed by atoms with E-state index in [1.54, 1.807) is 47.6 Å². The second-order valence-electron chi connectivity index (χ2n) is 6.15. The highest BCUT2D eigenvalue weighted by atomic mass is 19.1. The van der Waals surface area contributed by atoms with Gasteiger partial charge < -0.3 is 10.0 Å². The van der Waals surface area contributed by atoms with E-state index in [1.165, 1.54) is 12.1 Å². The fourth-order valence-corrected chi connectivity index (χ4v) is 3.39. The molecule has 2 aromatic carbocycles. The highest BCUT2D eigenvalue weighted by Gasteiger charge is 2.36. The molecule has 1 N–H and O–H groups in total. The number of carbonyl (C=O) groups is 1. The second-order valence-corrected chi connectivity index (χ2v) is 6.15. The van der Waals surface area contributed by atoms with Crippen LogP contribution in [0.3, 0.4) is 0 Å². The first-order chi connectivity index (χ1) is 12.1. The maximum absolute atomic E-state index is 13.6. The fraction of sp³-hybridized carbons (Fsp3) is 0.211. The molecular formula is C19H16FN3O2. The molecule has 0 spiro atoms. The number of aromatic nitrogens is 2. The molecule has 1 fully saturated rings. The SMILES string of the molecule is O=C(c1cccc2nccnc12)N1CC(O)CC1c1cccc(F)c1. The van der Waals surface area contributed by atoms with Crippen LogP contribution in [-0.2, 0) is 0 Å². The average Bonchev–Trinajstić information content (AvgIpc) is 3.02. The van der Waals surface area contributed by atoms with E-state index in [9.17, 15) is 14.3 Å². The standard InChI is InChI=1S/C19H16FN3O2/c20-13-4-1-3-12(9-13)17-10-14(24)11-23(17)19(25)15-5-2-6-16-18(15)22-8-7-21-16/h1-9,14,17,24H,10-11H2. The normalized spacial score (nSPS) is 20.2. The molecule has 25 heavy (non-hydrogen) atoms. The van der Waals surface area contributed by atoms with E-state index in [0.717, 1.165) is 0 Å². The Morgan fingerprint density at radius 2 is 1.96 bits per heavy atom. The number of para-hydroxylation sites is 1. The predicted molar refractivity (Wildman–Crippen MR) is 90.3 cm³/mol. The number of hydrogen-bond acceptors (Lipinski definition) is 4. The van der Waals surface area contributed by atoms with Crippen molar-refractivity contribution in [3.63, 3.8) is 0 Å². The number of fused-ring (bicyclic) bond motifs is 1. The van der Waals surface area contributed by atoms with Crippen LogP contribution in [0.2, 0.25) is 0 Å². The number of likely N-dealkylation sites (tertiary alicyclic amines) is 1. The van der Waals surface area contributed by atoms with Gasteiger partial charge in [-0.05, 0) is 36.2 Å². The molecule has 6 heteroatoms. The zero-order valence-corrected chi connectivity index (χ0v) is 13.3. The molecular weight excluding hydrogens is 321 g/mol. The number of carbonyl (C=O) groups excluding carboxylic acids is 1. The van der Waals surface area contributed by atoms with Crippen LogP contribution in [0.4, 0.5) is 4.39 Å². The average molecular weight is 337 g/mol. The van der Waals surface area contributed by atoms with E-state index in [2.05, 4.69) is 9.97 Å². The molecule has 3 aromatic rings. The Labute approximate surface area is 143 Å². The summed E-state index contributed by atoms with van der Waals surface area (Å²) in [6, 6.07) is 11.0. The first-order valence-corrected chi connectivity index (χ1v) is 8.08. The lowest BCUT2D eigenvalue weighted by molar-refractivity contribution is 0.0717. The molecule has 4 rings (SSSR count). The molecule has 0 bridgehead atoms. The Bertz CT molecular complexity index is 941. The highest BCUT2D eigenvalue weighted by molar-refractivity contribution is 6.04. The number of aliphatic hydroxyl groups is 1. The minimum Gasteiger partial charge on any atom is -0.391 e. The summed E-state index contributed by atoms with van der Waals surface area (Å²) < 4.78 is 13.6. The Balaban J connectivity index is 1.75. The van der Waals surface area contributed by atoms with Crippen molar-refractivity contribution < 1.29 is 14.3 Å². The Morgan fingerprint density at radius 1 is 1.16 bits per heavy atom. The maximum Gasteiger partial charge on any atom is 0.256 e. The number of amides is 1. The third-order valence-corrected chi connectivity index (χ3v) is 4.50. The van der Waals surface area contributed by atoms with Crippen LogP contribution < -0.4 is 0 Å². The minimum atomic E-state index is -0.640. The predicted octanol–water partition coefficient (Wildman–Crippen LogP) is 2.72. The largest absolute Gasteiger partial charge is 0.391 e. The first kappa shape index (κ1) is 15.7. The molecule has 1 aliphatic rings. The van der Waals surface area contributed by atoms with E-state index in [4.69, 9.17) is 0 Å². The molecule has 2 atom stereocenters. The van der Waals surface area contributed by atoms with E-state index in [0.29, 0.717) is 28.6 Å². The lowest BCUT2D eigenvalue weighted by Gasteiger charge is -2.25. The summed E-state index contributed by atoms with van der Waals surface area (Å²) in [6.07, 6.45) is 2.86. The third kappa shape index (κ3) is 2.85. The van der Waals surface area contributed by atoms with Crippen molar-refractivity contribution >= 4 is 16.9 Å². The van der Waals surface area contributed by atoms with E-state index in [-0.39, 0.29) is 24.3 Å². The van der Waals surface area contributed by atoms with Gasteiger partial charge in [0, 0.05) is 18.9 Å². The lowest BCUT2D eigenvalue weighted by atomic mass is 10.0. The summed E-state index contributed by atoms with van der Waals surface area (Å²) in [6.45, 7) is 0.205. The van der Waals surface area contributed by atoms with Gasteiger partial charge in [0.25, 0.3) is 5.91 Å². The van der Waals surface area contributed by atoms with E-state index in [1.807, 2.05) is 0 Å². The smallest absolute Gasteiger partial charge is 0.256 e. The molecule has 0 saturated carbocycles. The summed E-state index contributed by atoms with van der Waals surface area (Å²) in [4.78, 5) is 23.2. The molecule has 2 unspecified atom stereocenters. The van der Waals surface area contributed by atoms with Crippen molar-refractivity contribution in [2.24, 2.45) is 0 Å². The number of nitrogens with zero attached hydrogens (tertiary/aromatic N) is 3. The van der Waals surface area contributed by atoms with Crippen LogP contribution in [-0.4, -0.2) is 38.5 Å². The van der Waals surface area contributed by atoms with Gasteiger partial charge in [0.1, 0.15) is 11.3 Å². The van der Waals surface area contributed by atoms with Crippen molar-refractivity contribution in [2.75, 3.05) is 6.54 Å². The molecule has 1 saturated heterocycles. The molecule has 2 heterocycles. The fourth-order valence-electron chi connectivity index (χ4n) is 3.39. The molecule has 5 nitrogen and oxygen atoms in total. The van der Waals surface area contributed by atoms with Crippen molar-refractivity contribution in [2.45, 2.75) is 18.6 Å². The number of benzene rings is 2. The number of rotatable bonds is 2. The highest BCUT2D eigenvalue weighted by Crippen LogP contribution is 2.34. The number of hydrogen-bond donors (Lipinski definition) is 1. The van der Waals surface area contributed by atoms with Gasteiger partial charge in [-0.15, -0.1) is 0 Å². The van der Waals surface area contributed by atoms with Crippen LogP contribution in [0.1, 0.15) is 28.4 Å². The first-order valence-electron chi connectivity index (χ1n) is 8.08. The van der Waals surface area contributed by atoms with Crippen LogP contribution in [0.15, 0.2) is 54.9 Å². The van der Waals surface area contributed by atoms with Crippen molar-refractivity contribution in [3.05, 3.63) is 71.8 Å². The molecule has 0 radical (unpaired) electrons. The van der Waals surface area contributed by atoms with Gasteiger partial charge in [-0.25, -0.2) is 4.39 Å². The molecule has 1 aromatic heterocycles.